The summed E-state index contributed by atoms with van der Waals surface area (Å²) in [6.07, 6.45) is 3.25. The minimum absolute atomic E-state index is 0.0691. The molecular weight excluding hydrogens is 284 g/mol. The molecule has 0 fully saturated rings. The van der Waals surface area contributed by atoms with Crippen molar-refractivity contribution in [1.29, 1.82) is 0 Å². The highest BCUT2D eigenvalue weighted by Gasteiger charge is 2.16. The summed E-state index contributed by atoms with van der Waals surface area (Å²) >= 11 is 7.27. The molecule has 0 radical (unpaired) electrons. The molecule has 0 aromatic carbocycles. The Morgan fingerprint density at radius 3 is 2.84 bits per heavy atom. The molecule has 7 heteroatoms. The van der Waals surface area contributed by atoms with E-state index < -0.39 is 0 Å². The van der Waals surface area contributed by atoms with Crippen molar-refractivity contribution in [1.82, 2.24) is 14.8 Å². The summed E-state index contributed by atoms with van der Waals surface area (Å²) in [6, 6.07) is 0. The van der Waals surface area contributed by atoms with Crippen LogP contribution in [0.25, 0.3) is 0 Å². The van der Waals surface area contributed by atoms with Crippen molar-refractivity contribution in [3.8, 4) is 0 Å². The van der Waals surface area contributed by atoms with Crippen LogP contribution in [0.4, 0.5) is 5.13 Å². The van der Waals surface area contributed by atoms with Gasteiger partial charge in [0.15, 0.2) is 5.13 Å². The lowest BCUT2D eigenvalue weighted by Crippen LogP contribution is -2.24. The molecule has 5 nitrogen and oxygen atoms in total. The summed E-state index contributed by atoms with van der Waals surface area (Å²) in [7, 11) is 0. The van der Waals surface area contributed by atoms with Crippen LogP contribution in [0.1, 0.15) is 17.5 Å². The smallest absolute Gasteiger partial charge is 0.230 e. The molecule has 0 aliphatic heterocycles. The van der Waals surface area contributed by atoms with Crippen molar-refractivity contribution in [3.63, 3.8) is 0 Å². The molecule has 0 aliphatic rings. The number of nitrogens with zero attached hydrogens (tertiary/aromatic N) is 3. The fraction of sp³-hybridized carbons (Fsp3) is 0.417. The Morgan fingerprint density at radius 1 is 1.58 bits per heavy atom. The van der Waals surface area contributed by atoms with Gasteiger partial charge in [-0.3, -0.25) is 9.48 Å². The first kappa shape index (κ1) is 14.0. The number of amides is 1. The quantitative estimate of drug-likeness (QED) is 0.944. The van der Waals surface area contributed by atoms with E-state index in [1.54, 1.807) is 17.1 Å². The molecule has 2 rings (SSSR count). The van der Waals surface area contributed by atoms with Crippen LogP contribution < -0.4 is 5.32 Å². The summed E-state index contributed by atoms with van der Waals surface area (Å²) in [4.78, 5) is 17.4. The molecule has 1 N–H and O–H groups in total. The van der Waals surface area contributed by atoms with Gasteiger partial charge < -0.3 is 5.32 Å². The van der Waals surface area contributed by atoms with Crippen LogP contribution in [0.5, 0.6) is 0 Å². The Balaban J connectivity index is 1.95. The van der Waals surface area contributed by atoms with Gasteiger partial charge in [-0.2, -0.15) is 5.10 Å². The molecule has 2 aromatic heterocycles. The van der Waals surface area contributed by atoms with Crippen LogP contribution in [0.2, 0.25) is 5.02 Å². The zero-order valence-corrected chi connectivity index (χ0v) is 12.5. The normalized spacial score (nSPS) is 12.4. The maximum Gasteiger partial charge on any atom is 0.230 e. The van der Waals surface area contributed by atoms with E-state index in [0.717, 1.165) is 10.6 Å². The second kappa shape index (κ2) is 5.71. The highest BCUT2D eigenvalue weighted by atomic mass is 35.5. The molecule has 0 spiro atoms. The summed E-state index contributed by atoms with van der Waals surface area (Å²) in [5.41, 5.74) is 0.951. The second-order valence-electron chi connectivity index (χ2n) is 4.43. The van der Waals surface area contributed by atoms with Crippen molar-refractivity contribution in [3.05, 3.63) is 28.0 Å². The third-order valence-electron chi connectivity index (χ3n) is 2.77. The van der Waals surface area contributed by atoms with E-state index in [2.05, 4.69) is 15.4 Å². The molecule has 2 heterocycles. The number of rotatable bonds is 4. The fourth-order valence-electron chi connectivity index (χ4n) is 1.56. The predicted octanol–water partition coefficient (Wildman–Crippen LogP) is 2.88. The highest BCUT2D eigenvalue weighted by molar-refractivity contribution is 7.15. The number of anilines is 1. The number of hydrogen-bond donors (Lipinski definition) is 1. The Kier molecular flexibility index (Phi) is 4.21. The maximum atomic E-state index is 12.0. The zero-order valence-electron chi connectivity index (χ0n) is 11.0. The number of aromatic nitrogens is 3. The van der Waals surface area contributed by atoms with E-state index in [1.165, 1.54) is 11.3 Å². The third kappa shape index (κ3) is 3.54. The molecule has 102 valence electrons. The molecule has 0 bridgehead atoms. The van der Waals surface area contributed by atoms with Gasteiger partial charge in [0.05, 0.1) is 29.4 Å². The zero-order chi connectivity index (χ0) is 14.0. The first-order valence-corrected chi connectivity index (χ1v) is 7.08. The van der Waals surface area contributed by atoms with Crippen LogP contribution >= 0.6 is 22.9 Å². The van der Waals surface area contributed by atoms with Gasteiger partial charge in [-0.25, -0.2) is 4.98 Å². The largest absolute Gasteiger partial charge is 0.302 e. The lowest BCUT2D eigenvalue weighted by Gasteiger charge is -2.10. The van der Waals surface area contributed by atoms with E-state index >= 15 is 0 Å². The summed E-state index contributed by atoms with van der Waals surface area (Å²) in [6.45, 7) is 6.24. The Morgan fingerprint density at radius 2 is 2.32 bits per heavy atom. The summed E-state index contributed by atoms with van der Waals surface area (Å²) in [5.74, 6) is -0.277. The first-order valence-electron chi connectivity index (χ1n) is 5.88. The highest BCUT2D eigenvalue weighted by Crippen LogP contribution is 2.21. The van der Waals surface area contributed by atoms with Gasteiger partial charge in [0.1, 0.15) is 0 Å². The molecule has 19 heavy (non-hydrogen) atoms. The molecule has 1 atom stereocenters. The summed E-state index contributed by atoms with van der Waals surface area (Å²) in [5, 5.41) is 8.09. The van der Waals surface area contributed by atoms with Crippen molar-refractivity contribution in [2.24, 2.45) is 5.92 Å². The minimum atomic E-state index is -0.208. The number of nitrogens with one attached hydrogen (secondary N) is 1. The number of thiazole rings is 1. The number of halogens is 1. The monoisotopic (exact) mass is 298 g/mol. The van der Waals surface area contributed by atoms with Gasteiger partial charge in [0.25, 0.3) is 0 Å². The predicted molar refractivity (Wildman–Crippen MR) is 76.6 cm³/mol. The van der Waals surface area contributed by atoms with Crippen LogP contribution in [0.15, 0.2) is 12.4 Å². The van der Waals surface area contributed by atoms with E-state index in [4.69, 9.17) is 11.6 Å². The average Bonchev–Trinajstić information content (AvgIpc) is 2.86. The Hall–Kier alpha value is -1.40. The van der Waals surface area contributed by atoms with Crippen molar-refractivity contribution in [2.45, 2.75) is 27.3 Å². The molecule has 2 aromatic rings. The first-order chi connectivity index (χ1) is 8.95. The van der Waals surface area contributed by atoms with Crippen molar-refractivity contribution >= 4 is 34.0 Å². The van der Waals surface area contributed by atoms with Gasteiger partial charge >= 0.3 is 0 Å². The van der Waals surface area contributed by atoms with Gasteiger partial charge in [-0.05, 0) is 13.8 Å². The summed E-state index contributed by atoms with van der Waals surface area (Å²) < 4.78 is 1.66. The van der Waals surface area contributed by atoms with Gasteiger partial charge in [0.2, 0.25) is 5.91 Å². The topological polar surface area (TPSA) is 59.8 Å². The Labute approximate surface area is 120 Å². The van der Waals surface area contributed by atoms with Crippen LogP contribution in [-0.4, -0.2) is 20.7 Å². The van der Waals surface area contributed by atoms with Crippen LogP contribution in [0.3, 0.4) is 0 Å². The number of carbonyl (C=O) groups is 1. The molecule has 1 amide bonds. The molecule has 0 saturated carbocycles. The van der Waals surface area contributed by atoms with Crippen LogP contribution in [0, 0.1) is 19.8 Å². The standard InChI is InChI=1S/C12H15ClN4OS/c1-7(5-17-6-10(13)4-14-17)11(18)16-12-15-8(2)9(3)19-12/h4,6-7H,5H2,1-3H3,(H,15,16,18). The SMILES string of the molecule is Cc1nc(NC(=O)C(C)Cn2cc(Cl)cn2)sc1C. The number of carbonyl (C=O) groups excluding carboxylic acids is 1. The molecule has 0 aliphatic carbocycles. The lowest BCUT2D eigenvalue weighted by molar-refractivity contribution is -0.119. The molecule has 0 saturated heterocycles. The fourth-order valence-corrected chi connectivity index (χ4v) is 2.53. The minimum Gasteiger partial charge on any atom is -0.302 e. The van der Waals surface area contributed by atoms with E-state index in [-0.39, 0.29) is 11.8 Å². The second-order valence-corrected chi connectivity index (χ2v) is 6.07. The lowest BCUT2D eigenvalue weighted by atomic mass is 10.2. The van der Waals surface area contributed by atoms with Gasteiger partial charge in [-0.15, -0.1) is 11.3 Å². The van der Waals surface area contributed by atoms with E-state index in [9.17, 15) is 4.79 Å². The average molecular weight is 299 g/mol. The van der Waals surface area contributed by atoms with E-state index in [0.29, 0.717) is 16.7 Å². The van der Waals surface area contributed by atoms with Gasteiger partial charge in [-0.1, -0.05) is 18.5 Å². The van der Waals surface area contributed by atoms with Gasteiger partial charge in [0, 0.05) is 11.1 Å². The number of aryl methyl sites for hydroxylation is 2. The Bertz CT molecular complexity index is 573. The molecule has 1 unspecified atom stereocenters. The van der Waals surface area contributed by atoms with Crippen molar-refractivity contribution < 1.29 is 4.79 Å². The third-order valence-corrected chi connectivity index (χ3v) is 3.95. The van der Waals surface area contributed by atoms with E-state index in [1.807, 2.05) is 20.8 Å². The number of hydrogen-bond acceptors (Lipinski definition) is 4. The molecular formula is C12H15ClN4OS. The van der Waals surface area contributed by atoms with Crippen molar-refractivity contribution in [2.75, 3.05) is 5.32 Å². The maximum absolute atomic E-state index is 12.0. The van der Waals surface area contributed by atoms with Crippen LogP contribution in [-0.2, 0) is 11.3 Å².